The fourth-order valence-electron chi connectivity index (χ4n) is 3.03. The molecule has 0 spiro atoms. The molecule has 1 amide bonds. The lowest BCUT2D eigenvalue weighted by atomic mass is 10.2. The summed E-state index contributed by atoms with van der Waals surface area (Å²) in [5.74, 6) is 0.510. The Balaban J connectivity index is 1.57. The van der Waals surface area contributed by atoms with Crippen molar-refractivity contribution in [2.45, 2.75) is 26.7 Å². The van der Waals surface area contributed by atoms with Crippen LogP contribution in [0, 0.1) is 6.92 Å². The third-order valence-electron chi connectivity index (χ3n) is 4.63. The largest absolute Gasteiger partial charge is 0.494 e. The van der Waals surface area contributed by atoms with Gasteiger partial charge in [-0.25, -0.2) is 4.98 Å². The molecule has 1 aromatic carbocycles. The number of pyridine rings is 1. The maximum Gasteiger partial charge on any atom is 0.266 e. The number of fused-ring (bicyclic) bond motifs is 2. The lowest BCUT2D eigenvalue weighted by molar-refractivity contribution is 0.103. The van der Waals surface area contributed by atoms with Crippen molar-refractivity contribution >= 4 is 38.8 Å². The maximum atomic E-state index is 12.8. The van der Waals surface area contributed by atoms with Gasteiger partial charge in [-0.15, -0.1) is 11.3 Å². The van der Waals surface area contributed by atoms with Gasteiger partial charge in [0.2, 0.25) is 0 Å². The first-order chi connectivity index (χ1) is 14.1. The van der Waals surface area contributed by atoms with Crippen LogP contribution in [0.3, 0.4) is 0 Å². The summed E-state index contributed by atoms with van der Waals surface area (Å²) in [5.41, 5.74) is 2.02. The molecule has 0 radical (unpaired) electrons. The molecule has 4 aromatic rings. The third-order valence-corrected chi connectivity index (χ3v) is 5.66. The zero-order chi connectivity index (χ0) is 20.4. The summed E-state index contributed by atoms with van der Waals surface area (Å²) in [4.78, 5) is 31.0. The second kappa shape index (κ2) is 8.05. The van der Waals surface area contributed by atoms with Gasteiger partial charge in [0.05, 0.1) is 16.9 Å². The van der Waals surface area contributed by atoms with Gasteiger partial charge in [-0.05, 0) is 55.3 Å². The fraction of sp³-hybridized carbons (Fsp3) is 0.227. The van der Waals surface area contributed by atoms with Gasteiger partial charge in [-0.1, -0.05) is 19.4 Å². The van der Waals surface area contributed by atoms with Crippen molar-refractivity contribution in [1.29, 1.82) is 0 Å². The predicted octanol–water partition coefficient (Wildman–Crippen LogP) is 4.65. The van der Waals surface area contributed by atoms with Crippen LogP contribution in [0.1, 0.15) is 35.0 Å². The lowest BCUT2D eigenvalue weighted by Gasteiger charge is -2.07. The summed E-state index contributed by atoms with van der Waals surface area (Å²) in [5, 5.41) is 3.31. The SMILES string of the molecule is CCCCOc1ccc(NC(=O)c2cc3c(=O)n4cccc(C)c4nc3s2)cc1. The first-order valence-electron chi connectivity index (χ1n) is 9.52. The standard InChI is InChI=1S/C22H21N3O3S/c1-3-4-12-28-16-9-7-15(8-10-16)23-20(26)18-13-17-21(29-18)24-19-14(2)6-5-11-25(19)22(17)27/h5-11,13H,3-4,12H2,1-2H3,(H,23,26). The molecule has 0 saturated heterocycles. The van der Waals surface area contributed by atoms with E-state index in [1.54, 1.807) is 24.4 Å². The Morgan fingerprint density at radius 3 is 2.79 bits per heavy atom. The molecular formula is C22H21N3O3S. The Labute approximate surface area is 171 Å². The summed E-state index contributed by atoms with van der Waals surface area (Å²) in [6, 6.07) is 12.6. The monoisotopic (exact) mass is 407 g/mol. The molecule has 29 heavy (non-hydrogen) atoms. The number of unbranched alkanes of at least 4 members (excludes halogenated alkanes) is 1. The highest BCUT2D eigenvalue weighted by Crippen LogP contribution is 2.24. The average Bonchev–Trinajstić information content (AvgIpc) is 3.15. The molecule has 148 valence electrons. The van der Waals surface area contributed by atoms with E-state index in [2.05, 4.69) is 17.2 Å². The molecule has 0 saturated carbocycles. The molecule has 0 fully saturated rings. The summed E-state index contributed by atoms with van der Waals surface area (Å²) in [7, 11) is 0. The molecule has 3 heterocycles. The zero-order valence-corrected chi connectivity index (χ0v) is 17.1. The minimum absolute atomic E-state index is 0.169. The quantitative estimate of drug-likeness (QED) is 0.472. The molecule has 1 N–H and O–H groups in total. The number of hydrogen-bond acceptors (Lipinski definition) is 5. The highest BCUT2D eigenvalue weighted by molar-refractivity contribution is 7.20. The Morgan fingerprint density at radius 2 is 2.03 bits per heavy atom. The molecule has 0 aliphatic heterocycles. The number of ether oxygens (including phenoxy) is 1. The second-order valence-corrected chi connectivity index (χ2v) is 7.84. The lowest BCUT2D eigenvalue weighted by Crippen LogP contribution is -2.14. The molecule has 0 aliphatic rings. The Hall–Kier alpha value is -3.19. The number of nitrogens with zero attached hydrogens (tertiary/aromatic N) is 2. The number of carbonyl (C=O) groups excluding carboxylic acids is 1. The molecule has 7 heteroatoms. The van der Waals surface area contributed by atoms with E-state index in [-0.39, 0.29) is 11.5 Å². The van der Waals surface area contributed by atoms with Gasteiger partial charge < -0.3 is 10.1 Å². The van der Waals surface area contributed by atoms with Crippen LogP contribution in [0.2, 0.25) is 0 Å². The number of benzene rings is 1. The van der Waals surface area contributed by atoms with Gasteiger partial charge in [0.25, 0.3) is 11.5 Å². The van der Waals surface area contributed by atoms with Crippen molar-refractivity contribution in [3.63, 3.8) is 0 Å². The molecule has 0 aliphatic carbocycles. The van der Waals surface area contributed by atoms with Crippen LogP contribution in [0.25, 0.3) is 15.9 Å². The van der Waals surface area contributed by atoms with Crippen LogP contribution in [0.15, 0.2) is 53.5 Å². The maximum absolute atomic E-state index is 12.8. The summed E-state index contributed by atoms with van der Waals surface area (Å²) in [6.45, 7) is 4.70. The molecule has 0 unspecified atom stereocenters. The van der Waals surface area contributed by atoms with Crippen molar-refractivity contribution in [2.24, 2.45) is 0 Å². The number of amides is 1. The van der Waals surface area contributed by atoms with E-state index in [1.165, 1.54) is 15.7 Å². The summed E-state index contributed by atoms with van der Waals surface area (Å²) in [6.07, 6.45) is 3.78. The summed E-state index contributed by atoms with van der Waals surface area (Å²) >= 11 is 1.22. The van der Waals surface area contributed by atoms with Crippen LogP contribution in [-0.4, -0.2) is 21.9 Å². The van der Waals surface area contributed by atoms with Crippen LogP contribution < -0.4 is 15.6 Å². The van der Waals surface area contributed by atoms with Gasteiger partial charge in [0.1, 0.15) is 16.2 Å². The number of rotatable bonds is 6. The number of anilines is 1. The topological polar surface area (TPSA) is 72.7 Å². The van der Waals surface area contributed by atoms with E-state index in [1.807, 2.05) is 31.2 Å². The first kappa shape index (κ1) is 19.1. The highest BCUT2D eigenvalue weighted by Gasteiger charge is 2.15. The van der Waals surface area contributed by atoms with Crippen LogP contribution in [0.5, 0.6) is 5.75 Å². The molecule has 4 rings (SSSR count). The minimum atomic E-state index is -0.266. The molecule has 0 bridgehead atoms. The normalized spacial score (nSPS) is 11.1. The van der Waals surface area contributed by atoms with Crippen molar-refractivity contribution in [3.05, 3.63) is 69.5 Å². The second-order valence-electron chi connectivity index (χ2n) is 6.81. The molecule has 3 aromatic heterocycles. The Bertz CT molecular complexity index is 1240. The number of carbonyl (C=O) groups is 1. The smallest absolute Gasteiger partial charge is 0.266 e. The van der Waals surface area contributed by atoms with Gasteiger partial charge in [-0.2, -0.15) is 0 Å². The molecule has 6 nitrogen and oxygen atoms in total. The van der Waals surface area contributed by atoms with E-state index in [0.717, 1.165) is 24.2 Å². The van der Waals surface area contributed by atoms with E-state index in [4.69, 9.17) is 4.74 Å². The highest BCUT2D eigenvalue weighted by atomic mass is 32.1. The summed E-state index contributed by atoms with van der Waals surface area (Å²) < 4.78 is 7.15. The van der Waals surface area contributed by atoms with E-state index >= 15 is 0 Å². The number of nitrogens with one attached hydrogen (secondary N) is 1. The molecule has 0 atom stereocenters. The number of hydrogen-bond donors (Lipinski definition) is 1. The van der Waals surface area contributed by atoms with E-state index < -0.39 is 0 Å². The van der Waals surface area contributed by atoms with Gasteiger partial charge in [0.15, 0.2) is 0 Å². The fourth-order valence-corrected chi connectivity index (χ4v) is 3.95. The van der Waals surface area contributed by atoms with E-state index in [0.29, 0.717) is 33.0 Å². The van der Waals surface area contributed by atoms with Crippen molar-refractivity contribution in [3.8, 4) is 5.75 Å². The van der Waals surface area contributed by atoms with Crippen molar-refractivity contribution < 1.29 is 9.53 Å². The number of aromatic nitrogens is 2. The zero-order valence-electron chi connectivity index (χ0n) is 16.3. The predicted molar refractivity (Wildman–Crippen MR) is 116 cm³/mol. The van der Waals surface area contributed by atoms with Gasteiger partial charge in [0, 0.05) is 11.9 Å². The Morgan fingerprint density at radius 1 is 1.24 bits per heavy atom. The van der Waals surface area contributed by atoms with Crippen LogP contribution >= 0.6 is 11.3 Å². The Kier molecular flexibility index (Phi) is 5.31. The third kappa shape index (κ3) is 3.86. The van der Waals surface area contributed by atoms with Crippen molar-refractivity contribution in [2.75, 3.05) is 11.9 Å². The van der Waals surface area contributed by atoms with Gasteiger partial charge in [-0.3, -0.25) is 14.0 Å². The number of thiophene rings is 1. The van der Waals surface area contributed by atoms with E-state index in [9.17, 15) is 9.59 Å². The van der Waals surface area contributed by atoms with Gasteiger partial charge >= 0.3 is 0 Å². The minimum Gasteiger partial charge on any atom is -0.494 e. The average molecular weight is 407 g/mol. The number of aryl methyl sites for hydroxylation is 1. The van der Waals surface area contributed by atoms with Crippen LogP contribution in [-0.2, 0) is 0 Å². The first-order valence-corrected chi connectivity index (χ1v) is 10.3. The van der Waals surface area contributed by atoms with Crippen LogP contribution in [0.4, 0.5) is 5.69 Å². The van der Waals surface area contributed by atoms with Crippen molar-refractivity contribution in [1.82, 2.24) is 9.38 Å². The molecular weight excluding hydrogens is 386 g/mol.